The molecule has 0 aliphatic heterocycles. The minimum absolute atomic E-state index is 0.115. The lowest BCUT2D eigenvalue weighted by molar-refractivity contribution is 0.0914. The largest absolute Gasteiger partial charge is 0.346 e. The van der Waals surface area contributed by atoms with Crippen LogP contribution in [0.15, 0.2) is 42.6 Å². The van der Waals surface area contributed by atoms with Gasteiger partial charge in [0.15, 0.2) is 0 Å². The van der Waals surface area contributed by atoms with Crippen LogP contribution >= 0.6 is 0 Å². The van der Waals surface area contributed by atoms with Gasteiger partial charge in [-0.2, -0.15) is 0 Å². The first-order valence-electron chi connectivity index (χ1n) is 8.13. The molecule has 1 aromatic carbocycles. The van der Waals surface area contributed by atoms with E-state index in [0.717, 1.165) is 16.8 Å². The lowest BCUT2D eigenvalue weighted by Gasteiger charge is -2.20. The first-order valence-corrected chi connectivity index (χ1v) is 8.13. The van der Waals surface area contributed by atoms with Crippen molar-refractivity contribution < 1.29 is 4.79 Å². The molecule has 0 aliphatic carbocycles. The summed E-state index contributed by atoms with van der Waals surface area (Å²) in [4.78, 5) is 17.6. The van der Waals surface area contributed by atoms with Crippen LogP contribution in [0.2, 0.25) is 0 Å². The third kappa shape index (κ3) is 3.18. The van der Waals surface area contributed by atoms with Crippen molar-refractivity contribution in [1.29, 1.82) is 0 Å². The molecule has 0 spiro atoms. The zero-order valence-corrected chi connectivity index (χ0v) is 14.8. The van der Waals surface area contributed by atoms with Gasteiger partial charge in [0.25, 0.3) is 5.91 Å². The highest BCUT2D eigenvalue weighted by atomic mass is 16.2. The normalized spacial score (nSPS) is 11.7. The third-order valence-electron chi connectivity index (χ3n) is 3.80. The molecule has 0 radical (unpaired) electrons. The Bertz CT molecular complexity index is 899. The van der Waals surface area contributed by atoms with E-state index in [9.17, 15) is 4.79 Å². The Morgan fingerprint density at radius 1 is 1.00 bits per heavy atom. The van der Waals surface area contributed by atoms with Crippen LogP contribution in [0.5, 0.6) is 0 Å². The smallest absolute Gasteiger partial charge is 0.270 e. The minimum Gasteiger partial charge on any atom is -0.346 e. The number of nitrogens with one attached hydrogen (secondary N) is 1. The number of carbonyl (C=O) groups is 1. The fraction of sp³-hybridized carbons (Fsp3) is 0.300. The SMILES string of the molecule is Cc1ccc(-c2nc3ccc(C)cn3c2C(=O)NC(C)(C)C)cc1. The summed E-state index contributed by atoms with van der Waals surface area (Å²) < 4.78 is 1.88. The van der Waals surface area contributed by atoms with Crippen molar-refractivity contribution in [2.24, 2.45) is 0 Å². The summed E-state index contributed by atoms with van der Waals surface area (Å²) in [6, 6.07) is 12.1. The Morgan fingerprint density at radius 3 is 2.25 bits per heavy atom. The van der Waals surface area contributed by atoms with E-state index in [1.54, 1.807) is 0 Å². The van der Waals surface area contributed by atoms with Gasteiger partial charge in [0, 0.05) is 17.3 Å². The van der Waals surface area contributed by atoms with Gasteiger partial charge in [0.05, 0.1) is 0 Å². The number of imidazole rings is 1. The monoisotopic (exact) mass is 321 g/mol. The van der Waals surface area contributed by atoms with Crippen LogP contribution in [-0.2, 0) is 0 Å². The van der Waals surface area contributed by atoms with Gasteiger partial charge in [0.2, 0.25) is 0 Å². The minimum atomic E-state index is -0.310. The second-order valence-corrected chi connectivity index (χ2v) is 7.31. The van der Waals surface area contributed by atoms with Crippen LogP contribution in [-0.4, -0.2) is 20.8 Å². The Labute approximate surface area is 142 Å². The number of hydrogen-bond donors (Lipinski definition) is 1. The molecule has 2 heterocycles. The predicted octanol–water partition coefficient (Wildman–Crippen LogP) is 4.15. The van der Waals surface area contributed by atoms with Gasteiger partial charge in [-0.05, 0) is 46.2 Å². The molecule has 0 saturated heterocycles. The van der Waals surface area contributed by atoms with Crippen LogP contribution in [0.25, 0.3) is 16.9 Å². The van der Waals surface area contributed by atoms with Gasteiger partial charge in [-0.1, -0.05) is 35.9 Å². The molecule has 0 saturated carbocycles. The van der Waals surface area contributed by atoms with Crippen LogP contribution in [0.1, 0.15) is 42.4 Å². The summed E-state index contributed by atoms with van der Waals surface area (Å²) in [5, 5.41) is 3.05. The van der Waals surface area contributed by atoms with E-state index >= 15 is 0 Å². The van der Waals surface area contributed by atoms with E-state index in [1.165, 1.54) is 5.56 Å². The molecule has 0 fully saturated rings. The van der Waals surface area contributed by atoms with E-state index in [1.807, 2.05) is 81.6 Å². The molecular weight excluding hydrogens is 298 g/mol. The number of aryl methyl sites for hydroxylation is 2. The number of rotatable bonds is 2. The van der Waals surface area contributed by atoms with Crippen molar-refractivity contribution in [3.8, 4) is 11.3 Å². The molecule has 2 aromatic heterocycles. The summed E-state index contributed by atoms with van der Waals surface area (Å²) >= 11 is 0. The maximum Gasteiger partial charge on any atom is 0.270 e. The molecule has 3 rings (SSSR count). The van der Waals surface area contributed by atoms with Crippen molar-refractivity contribution >= 4 is 11.6 Å². The second kappa shape index (κ2) is 5.78. The highest BCUT2D eigenvalue weighted by molar-refractivity contribution is 6.00. The number of fused-ring (bicyclic) bond motifs is 1. The maximum absolute atomic E-state index is 12.9. The Hall–Kier alpha value is -2.62. The molecule has 24 heavy (non-hydrogen) atoms. The van der Waals surface area contributed by atoms with Gasteiger partial charge in [-0.15, -0.1) is 0 Å². The van der Waals surface area contributed by atoms with Crippen molar-refractivity contribution in [3.05, 3.63) is 59.4 Å². The molecule has 0 unspecified atom stereocenters. The average molecular weight is 321 g/mol. The van der Waals surface area contributed by atoms with E-state index in [-0.39, 0.29) is 11.4 Å². The zero-order chi connectivity index (χ0) is 17.5. The molecular formula is C20H23N3O. The molecule has 4 heteroatoms. The van der Waals surface area contributed by atoms with Gasteiger partial charge >= 0.3 is 0 Å². The maximum atomic E-state index is 12.9. The first kappa shape index (κ1) is 16.2. The van der Waals surface area contributed by atoms with E-state index in [4.69, 9.17) is 4.98 Å². The first-order chi connectivity index (χ1) is 11.2. The average Bonchev–Trinajstić information content (AvgIpc) is 2.84. The van der Waals surface area contributed by atoms with Crippen LogP contribution in [0.3, 0.4) is 0 Å². The molecule has 4 nitrogen and oxygen atoms in total. The Kier molecular flexibility index (Phi) is 3.91. The van der Waals surface area contributed by atoms with Crippen molar-refractivity contribution in [1.82, 2.24) is 14.7 Å². The second-order valence-electron chi connectivity index (χ2n) is 7.31. The van der Waals surface area contributed by atoms with Gasteiger partial charge in [-0.25, -0.2) is 4.98 Å². The van der Waals surface area contributed by atoms with Crippen molar-refractivity contribution in [3.63, 3.8) is 0 Å². The number of hydrogen-bond acceptors (Lipinski definition) is 2. The summed E-state index contributed by atoms with van der Waals surface area (Å²) in [5.41, 5.74) is 4.96. The summed E-state index contributed by atoms with van der Waals surface area (Å²) in [6.45, 7) is 9.99. The number of amides is 1. The fourth-order valence-corrected chi connectivity index (χ4v) is 2.68. The van der Waals surface area contributed by atoms with Crippen LogP contribution < -0.4 is 5.32 Å². The van der Waals surface area contributed by atoms with E-state index < -0.39 is 0 Å². The highest BCUT2D eigenvalue weighted by Crippen LogP contribution is 2.26. The van der Waals surface area contributed by atoms with Gasteiger partial charge < -0.3 is 5.32 Å². The number of nitrogens with zero attached hydrogens (tertiary/aromatic N) is 2. The lowest BCUT2D eigenvalue weighted by atomic mass is 10.1. The Morgan fingerprint density at radius 2 is 1.62 bits per heavy atom. The summed E-state index contributed by atoms with van der Waals surface area (Å²) in [5.74, 6) is -0.115. The number of carbonyl (C=O) groups excluding carboxylic acids is 1. The number of aromatic nitrogens is 2. The Balaban J connectivity index is 2.22. The molecule has 124 valence electrons. The highest BCUT2D eigenvalue weighted by Gasteiger charge is 2.24. The molecule has 1 N–H and O–H groups in total. The third-order valence-corrected chi connectivity index (χ3v) is 3.80. The summed E-state index contributed by atoms with van der Waals surface area (Å²) in [6.07, 6.45) is 1.96. The molecule has 3 aromatic rings. The fourth-order valence-electron chi connectivity index (χ4n) is 2.68. The molecule has 1 amide bonds. The quantitative estimate of drug-likeness (QED) is 0.771. The van der Waals surface area contributed by atoms with Crippen LogP contribution in [0, 0.1) is 13.8 Å². The number of pyridine rings is 1. The number of benzene rings is 1. The van der Waals surface area contributed by atoms with Gasteiger partial charge in [0.1, 0.15) is 17.0 Å². The van der Waals surface area contributed by atoms with Gasteiger partial charge in [-0.3, -0.25) is 9.20 Å². The van der Waals surface area contributed by atoms with Crippen LogP contribution in [0.4, 0.5) is 0 Å². The predicted molar refractivity (Wildman–Crippen MR) is 97.3 cm³/mol. The molecule has 0 atom stereocenters. The lowest BCUT2D eigenvalue weighted by Crippen LogP contribution is -2.41. The van der Waals surface area contributed by atoms with E-state index in [0.29, 0.717) is 11.4 Å². The topological polar surface area (TPSA) is 46.4 Å². The van der Waals surface area contributed by atoms with E-state index in [2.05, 4.69) is 5.32 Å². The van der Waals surface area contributed by atoms with Crippen molar-refractivity contribution in [2.45, 2.75) is 40.2 Å². The summed E-state index contributed by atoms with van der Waals surface area (Å²) in [7, 11) is 0. The standard InChI is InChI=1S/C20H23N3O/c1-13-6-9-15(10-7-13)17-18(19(24)22-20(3,4)5)23-12-14(2)8-11-16(23)21-17/h6-12H,1-5H3,(H,22,24). The zero-order valence-electron chi connectivity index (χ0n) is 14.8. The van der Waals surface area contributed by atoms with Crippen molar-refractivity contribution in [2.75, 3.05) is 0 Å². The molecule has 0 aliphatic rings. The molecule has 0 bridgehead atoms.